The van der Waals surface area contributed by atoms with Gasteiger partial charge < -0.3 is 0 Å². The Balaban J connectivity index is 2.16. The molecule has 2 aromatic rings. The van der Waals surface area contributed by atoms with Crippen molar-refractivity contribution in [3.63, 3.8) is 0 Å². The molecule has 0 saturated heterocycles. The van der Waals surface area contributed by atoms with Crippen molar-refractivity contribution in [2.45, 2.75) is 39.0 Å². The maximum atomic E-state index is 12.5. The summed E-state index contributed by atoms with van der Waals surface area (Å²) >= 11 is 0. The summed E-state index contributed by atoms with van der Waals surface area (Å²) in [6, 6.07) is 9.89. The minimum Gasteiger partial charge on any atom is -0.294 e. The van der Waals surface area contributed by atoms with E-state index in [1.807, 2.05) is 36.0 Å². The molecule has 3 heteroatoms. The number of nitrogens with zero attached hydrogens (tertiary/aromatic N) is 2. The Bertz CT molecular complexity index is 605. The van der Waals surface area contributed by atoms with Gasteiger partial charge in [-0.15, -0.1) is 0 Å². The molecule has 0 radical (unpaired) electrons. The van der Waals surface area contributed by atoms with E-state index in [1.165, 1.54) is 0 Å². The molecule has 3 nitrogen and oxygen atoms in total. The Hall–Kier alpha value is -1.90. The van der Waals surface area contributed by atoms with Crippen LogP contribution in [0.25, 0.3) is 0 Å². The lowest BCUT2D eigenvalue weighted by Crippen LogP contribution is -2.17. The zero-order chi connectivity index (χ0) is 14.8. The summed E-state index contributed by atoms with van der Waals surface area (Å²) in [7, 11) is 1.91. The van der Waals surface area contributed by atoms with E-state index in [1.54, 1.807) is 6.20 Å². The molecule has 0 amide bonds. The fraction of sp³-hybridized carbons (Fsp3) is 0.412. The number of aromatic nitrogens is 2. The number of carbonyl (C=O) groups excluding carboxylic acids is 1. The van der Waals surface area contributed by atoms with Crippen molar-refractivity contribution >= 4 is 5.78 Å². The predicted octanol–water partition coefficient (Wildman–Crippen LogP) is 3.53. The van der Waals surface area contributed by atoms with Gasteiger partial charge >= 0.3 is 0 Å². The van der Waals surface area contributed by atoms with Gasteiger partial charge in [-0.05, 0) is 23.5 Å². The quantitative estimate of drug-likeness (QED) is 0.797. The van der Waals surface area contributed by atoms with Gasteiger partial charge in [-0.3, -0.25) is 9.48 Å². The molecule has 1 heterocycles. The van der Waals surface area contributed by atoms with Crippen LogP contribution in [-0.2, 0) is 18.9 Å². The molecule has 0 spiro atoms. The molecule has 0 N–H and O–H groups in total. The van der Waals surface area contributed by atoms with Crippen molar-refractivity contribution in [1.82, 2.24) is 9.78 Å². The SMILES string of the molecule is Cn1nccc1CCC(=O)c1ccccc1C(C)(C)C. The van der Waals surface area contributed by atoms with Crippen molar-refractivity contribution in [2.24, 2.45) is 7.05 Å². The second kappa shape index (κ2) is 5.61. The second-order valence-electron chi connectivity index (χ2n) is 6.16. The van der Waals surface area contributed by atoms with E-state index >= 15 is 0 Å². The number of aryl methyl sites for hydroxylation is 2. The summed E-state index contributed by atoms with van der Waals surface area (Å²) in [6.45, 7) is 6.42. The molecular formula is C17H22N2O. The highest BCUT2D eigenvalue weighted by Gasteiger charge is 2.20. The highest BCUT2D eigenvalue weighted by Crippen LogP contribution is 2.26. The van der Waals surface area contributed by atoms with Crippen LogP contribution in [0.5, 0.6) is 0 Å². The first-order valence-corrected chi connectivity index (χ1v) is 6.99. The molecule has 0 fully saturated rings. The van der Waals surface area contributed by atoms with Crippen molar-refractivity contribution < 1.29 is 4.79 Å². The lowest BCUT2D eigenvalue weighted by Gasteiger charge is -2.22. The Morgan fingerprint density at radius 1 is 1.20 bits per heavy atom. The van der Waals surface area contributed by atoms with E-state index in [0.29, 0.717) is 6.42 Å². The fourth-order valence-electron chi connectivity index (χ4n) is 2.40. The highest BCUT2D eigenvalue weighted by molar-refractivity contribution is 5.97. The van der Waals surface area contributed by atoms with Gasteiger partial charge in [-0.2, -0.15) is 5.10 Å². The van der Waals surface area contributed by atoms with Crippen molar-refractivity contribution in [2.75, 3.05) is 0 Å². The van der Waals surface area contributed by atoms with Crippen LogP contribution >= 0.6 is 0 Å². The molecule has 1 aromatic carbocycles. The zero-order valence-electron chi connectivity index (χ0n) is 12.7. The van der Waals surface area contributed by atoms with E-state index < -0.39 is 0 Å². The van der Waals surface area contributed by atoms with E-state index in [4.69, 9.17) is 0 Å². The molecule has 0 bridgehead atoms. The summed E-state index contributed by atoms with van der Waals surface area (Å²) in [4.78, 5) is 12.5. The number of carbonyl (C=O) groups is 1. The molecule has 0 unspecified atom stereocenters. The number of ketones is 1. The average molecular weight is 270 g/mol. The van der Waals surface area contributed by atoms with E-state index in [2.05, 4.69) is 31.9 Å². The van der Waals surface area contributed by atoms with Crippen LogP contribution in [0.1, 0.15) is 48.8 Å². The number of benzene rings is 1. The van der Waals surface area contributed by atoms with Crippen molar-refractivity contribution in [3.05, 3.63) is 53.3 Å². The summed E-state index contributed by atoms with van der Waals surface area (Å²) in [6.07, 6.45) is 3.02. The number of hydrogen-bond acceptors (Lipinski definition) is 2. The monoisotopic (exact) mass is 270 g/mol. The van der Waals surface area contributed by atoms with Gasteiger partial charge in [0.15, 0.2) is 5.78 Å². The van der Waals surface area contributed by atoms with Crippen LogP contribution in [0.2, 0.25) is 0 Å². The maximum absolute atomic E-state index is 12.5. The minimum absolute atomic E-state index is 0.0151. The predicted molar refractivity (Wildman–Crippen MR) is 81.0 cm³/mol. The molecule has 0 aliphatic carbocycles. The molecule has 2 rings (SSSR count). The van der Waals surface area contributed by atoms with Crippen LogP contribution in [0.15, 0.2) is 36.5 Å². The number of rotatable bonds is 4. The van der Waals surface area contributed by atoms with Crippen molar-refractivity contribution in [3.8, 4) is 0 Å². The average Bonchev–Trinajstić information content (AvgIpc) is 2.80. The minimum atomic E-state index is -0.0151. The van der Waals surface area contributed by atoms with Gasteiger partial charge in [0.25, 0.3) is 0 Å². The van der Waals surface area contributed by atoms with Crippen LogP contribution in [0, 0.1) is 0 Å². The molecule has 0 saturated carbocycles. The molecule has 20 heavy (non-hydrogen) atoms. The Labute approximate surface area is 120 Å². The van der Waals surface area contributed by atoms with Gasteiger partial charge in [-0.1, -0.05) is 45.0 Å². The Morgan fingerprint density at radius 2 is 1.90 bits per heavy atom. The third-order valence-corrected chi connectivity index (χ3v) is 3.57. The standard InChI is InChI=1S/C17H22N2O/c1-17(2,3)15-8-6-5-7-14(15)16(20)10-9-13-11-12-18-19(13)4/h5-8,11-12H,9-10H2,1-4H3. The normalized spacial score (nSPS) is 11.6. The molecule has 0 aliphatic rings. The summed E-state index contributed by atoms with van der Waals surface area (Å²) in [5, 5.41) is 4.13. The van der Waals surface area contributed by atoms with Crippen molar-refractivity contribution in [1.29, 1.82) is 0 Å². The largest absolute Gasteiger partial charge is 0.294 e. The summed E-state index contributed by atoms with van der Waals surface area (Å²) in [5.74, 6) is 0.205. The first-order valence-electron chi connectivity index (χ1n) is 6.99. The highest BCUT2D eigenvalue weighted by atomic mass is 16.1. The third kappa shape index (κ3) is 3.16. The summed E-state index contributed by atoms with van der Waals surface area (Å²) < 4.78 is 1.82. The molecule has 106 valence electrons. The fourth-order valence-corrected chi connectivity index (χ4v) is 2.40. The number of hydrogen-bond donors (Lipinski definition) is 0. The molecular weight excluding hydrogens is 248 g/mol. The van der Waals surface area contributed by atoms with Crippen LogP contribution in [0.4, 0.5) is 0 Å². The van der Waals surface area contributed by atoms with E-state index in [0.717, 1.165) is 23.2 Å². The smallest absolute Gasteiger partial charge is 0.163 e. The maximum Gasteiger partial charge on any atom is 0.163 e. The molecule has 0 atom stereocenters. The van der Waals surface area contributed by atoms with Gasteiger partial charge in [0.05, 0.1) is 0 Å². The molecule has 1 aromatic heterocycles. The Kier molecular flexibility index (Phi) is 4.07. The van der Waals surface area contributed by atoms with Crippen LogP contribution < -0.4 is 0 Å². The van der Waals surface area contributed by atoms with Gasteiger partial charge in [0.2, 0.25) is 0 Å². The topological polar surface area (TPSA) is 34.9 Å². The molecule has 0 aliphatic heterocycles. The number of Topliss-reactive ketones (excluding diaryl/α,β-unsaturated/α-hetero) is 1. The van der Waals surface area contributed by atoms with Crippen LogP contribution in [0.3, 0.4) is 0 Å². The first kappa shape index (κ1) is 14.5. The third-order valence-electron chi connectivity index (χ3n) is 3.57. The zero-order valence-corrected chi connectivity index (χ0v) is 12.7. The lowest BCUT2D eigenvalue weighted by atomic mass is 9.82. The Morgan fingerprint density at radius 3 is 2.50 bits per heavy atom. The first-order chi connectivity index (χ1) is 9.39. The summed E-state index contributed by atoms with van der Waals surface area (Å²) in [5.41, 5.74) is 3.04. The van der Waals surface area contributed by atoms with E-state index in [-0.39, 0.29) is 11.2 Å². The van der Waals surface area contributed by atoms with E-state index in [9.17, 15) is 4.79 Å². The van der Waals surface area contributed by atoms with Gasteiger partial charge in [0, 0.05) is 30.9 Å². The van der Waals surface area contributed by atoms with Gasteiger partial charge in [0.1, 0.15) is 0 Å². The lowest BCUT2D eigenvalue weighted by molar-refractivity contribution is 0.0980. The van der Waals surface area contributed by atoms with Gasteiger partial charge in [-0.25, -0.2) is 0 Å². The second-order valence-corrected chi connectivity index (χ2v) is 6.16. The van der Waals surface area contributed by atoms with Crippen LogP contribution in [-0.4, -0.2) is 15.6 Å².